The van der Waals surface area contributed by atoms with E-state index in [1.165, 1.54) is 21.9 Å². The predicted octanol–water partition coefficient (Wildman–Crippen LogP) is 4.34. The monoisotopic (exact) mass is 298 g/mol. The average Bonchev–Trinajstić information content (AvgIpc) is 3.18. The van der Waals surface area contributed by atoms with Crippen molar-refractivity contribution in [3.05, 3.63) is 66.6 Å². The topological polar surface area (TPSA) is 46.0 Å². The Morgan fingerprint density at radius 3 is 2.74 bits per heavy atom. The quantitative estimate of drug-likeness (QED) is 0.500. The van der Waals surface area contributed by atoms with Crippen LogP contribution in [0.1, 0.15) is 5.56 Å². The largest absolute Gasteiger partial charge is 0.354 e. The molecule has 0 fully saturated rings. The van der Waals surface area contributed by atoms with Crippen LogP contribution in [0.3, 0.4) is 0 Å². The second kappa shape index (κ2) is 4.43. The minimum absolute atomic E-state index is 0.903. The average molecular weight is 298 g/mol. The minimum atomic E-state index is 0.903. The fraction of sp³-hybridized carbons (Fsp3) is 0.0526. The third-order valence-corrected chi connectivity index (χ3v) is 4.40. The van der Waals surface area contributed by atoms with Crippen LogP contribution in [0.2, 0.25) is 0 Å². The number of H-pyrrole nitrogens is 1. The van der Waals surface area contributed by atoms with E-state index in [0.29, 0.717) is 0 Å². The summed E-state index contributed by atoms with van der Waals surface area (Å²) in [4.78, 5) is 7.78. The van der Waals surface area contributed by atoms with Crippen molar-refractivity contribution in [2.75, 3.05) is 0 Å². The molecule has 4 nitrogen and oxygen atoms in total. The van der Waals surface area contributed by atoms with Crippen LogP contribution in [0.4, 0.5) is 0 Å². The molecule has 0 amide bonds. The normalized spacial score (nSPS) is 11.7. The van der Waals surface area contributed by atoms with Gasteiger partial charge in [-0.15, -0.1) is 0 Å². The molecule has 0 saturated heterocycles. The molecule has 0 atom stereocenters. The van der Waals surface area contributed by atoms with E-state index in [1.807, 2.05) is 10.7 Å². The predicted molar refractivity (Wildman–Crippen MR) is 92.5 cm³/mol. The summed E-state index contributed by atoms with van der Waals surface area (Å²) in [5.41, 5.74) is 6.66. The Labute approximate surface area is 132 Å². The van der Waals surface area contributed by atoms with Crippen molar-refractivity contribution < 1.29 is 0 Å². The number of nitrogens with zero attached hydrogens (tertiary/aromatic N) is 3. The molecule has 0 aliphatic heterocycles. The molecule has 2 aromatic carbocycles. The number of fused-ring (bicyclic) bond motifs is 4. The van der Waals surface area contributed by atoms with Crippen LogP contribution in [-0.2, 0) is 0 Å². The van der Waals surface area contributed by atoms with Gasteiger partial charge in [0.25, 0.3) is 0 Å². The van der Waals surface area contributed by atoms with E-state index >= 15 is 0 Å². The van der Waals surface area contributed by atoms with Crippen LogP contribution < -0.4 is 0 Å². The fourth-order valence-corrected chi connectivity index (χ4v) is 3.29. The highest BCUT2D eigenvalue weighted by Gasteiger charge is 2.08. The van der Waals surface area contributed by atoms with Crippen LogP contribution in [0, 0.1) is 6.92 Å². The summed E-state index contributed by atoms with van der Waals surface area (Å²) >= 11 is 0. The zero-order valence-electron chi connectivity index (χ0n) is 12.6. The molecule has 110 valence electrons. The van der Waals surface area contributed by atoms with Gasteiger partial charge in [-0.25, -0.2) is 9.50 Å². The molecule has 3 heterocycles. The van der Waals surface area contributed by atoms with Gasteiger partial charge in [0.1, 0.15) is 6.33 Å². The van der Waals surface area contributed by atoms with Gasteiger partial charge in [0.05, 0.1) is 0 Å². The number of rotatable bonds is 1. The maximum absolute atomic E-state index is 4.28. The van der Waals surface area contributed by atoms with E-state index in [1.54, 1.807) is 6.33 Å². The van der Waals surface area contributed by atoms with E-state index in [2.05, 4.69) is 70.5 Å². The first-order chi connectivity index (χ1) is 11.3. The first kappa shape index (κ1) is 12.4. The lowest BCUT2D eigenvalue weighted by atomic mass is 10.0. The first-order valence-corrected chi connectivity index (χ1v) is 7.60. The van der Waals surface area contributed by atoms with E-state index < -0.39 is 0 Å². The van der Waals surface area contributed by atoms with Crippen molar-refractivity contribution in [3.8, 4) is 11.1 Å². The van der Waals surface area contributed by atoms with Gasteiger partial charge < -0.3 is 4.98 Å². The number of aromatic amines is 1. The van der Waals surface area contributed by atoms with Crippen LogP contribution in [-0.4, -0.2) is 19.6 Å². The molecule has 23 heavy (non-hydrogen) atoms. The van der Waals surface area contributed by atoms with Crippen LogP contribution in [0.5, 0.6) is 0 Å². The number of aryl methyl sites for hydroxylation is 1. The Kier molecular flexibility index (Phi) is 2.39. The number of para-hydroxylation sites is 1. The molecule has 0 spiro atoms. The van der Waals surface area contributed by atoms with Crippen molar-refractivity contribution >= 4 is 27.5 Å². The van der Waals surface area contributed by atoms with Crippen molar-refractivity contribution in [1.29, 1.82) is 0 Å². The lowest BCUT2D eigenvalue weighted by Crippen LogP contribution is -1.92. The Hall–Kier alpha value is -3.14. The highest BCUT2D eigenvalue weighted by Crippen LogP contribution is 2.30. The van der Waals surface area contributed by atoms with Crippen LogP contribution in [0.15, 0.2) is 61.1 Å². The molecule has 0 aliphatic rings. The number of hydrogen-bond donors (Lipinski definition) is 1. The molecule has 4 heteroatoms. The zero-order valence-corrected chi connectivity index (χ0v) is 12.6. The molecular weight excluding hydrogens is 284 g/mol. The van der Waals surface area contributed by atoms with Gasteiger partial charge in [-0.05, 0) is 36.2 Å². The lowest BCUT2D eigenvalue weighted by molar-refractivity contribution is 0.958. The fourth-order valence-electron chi connectivity index (χ4n) is 3.29. The van der Waals surface area contributed by atoms with Crippen molar-refractivity contribution in [2.24, 2.45) is 0 Å². The standard InChI is InChI=1S/C19H14N4/c1-12-8-14(10-23-19(12)20-11-21-23)13-6-7-16-15-4-2-3-5-17(15)22-18(16)9-13/h2-11,22H,1H3. The molecular formula is C19H14N4. The number of nitrogens with one attached hydrogen (secondary N) is 1. The summed E-state index contributed by atoms with van der Waals surface area (Å²) < 4.78 is 1.83. The minimum Gasteiger partial charge on any atom is -0.354 e. The molecule has 0 aliphatic carbocycles. The van der Waals surface area contributed by atoms with Gasteiger partial charge in [-0.3, -0.25) is 0 Å². The summed E-state index contributed by atoms with van der Waals surface area (Å²) in [5.74, 6) is 0. The number of benzene rings is 2. The summed E-state index contributed by atoms with van der Waals surface area (Å²) in [6, 6.07) is 17.1. The van der Waals surface area contributed by atoms with E-state index in [-0.39, 0.29) is 0 Å². The van der Waals surface area contributed by atoms with Gasteiger partial charge in [0.15, 0.2) is 5.65 Å². The van der Waals surface area contributed by atoms with Crippen molar-refractivity contribution in [2.45, 2.75) is 6.92 Å². The summed E-state index contributed by atoms with van der Waals surface area (Å²) in [6.45, 7) is 2.06. The molecule has 5 aromatic rings. The Bertz CT molecular complexity index is 1180. The first-order valence-electron chi connectivity index (χ1n) is 7.60. The van der Waals surface area contributed by atoms with Gasteiger partial charge in [-0.1, -0.05) is 30.3 Å². The van der Waals surface area contributed by atoms with Gasteiger partial charge >= 0.3 is 0 Å². The summed E-state index contributed by atoms with van der Waals surface area (Å²) in [5, 5.41) is 6.77. The maximum atomic E-state index is 4.28. The lowest BCUT2D eigenvalue weighted by Gasteiger charge is -2.05. The molecule has 0 radical (unpaired) electrons. The van der Waals surface area contributed by atoms with E-state index in [9.17, 15) is 0 Å². The van der Waals surface area contributed by atoms with Gasteiger partial charge in [-0.2, -0.15) is 5.10 Å². The molecule has 0 unspecified atom stereocenters. The Balaban J connectivity index is 1.76. The third kappa shape index (κ3) is 1.78. The third-order valence-electron chi connectivity index (χ3n) is 4.40. The van der Waals surface area contributed by atoms with Crippen molar-refractivity contribution in [3.63, 3.8) is 0 Å². The van der Waals surface area contributed by atoms with Crippen LogP contribution in [0.25, 0.3) is 38.6 Å². The van der Waals surface area contributed by atoms with Crippen molar-refractivity contribution in [1.82, 2.24) is 19.6 Å². The van der Waals surface area contributed by atoms with Gasteiger partial charge in [0, 0.05) is 33.6 Å². The summed E-state index contributed by atoms with van der Waals surface area (Å²) in [6.07, 6.45) is 3.62. The highest BCUT2D eigenvalue weighted by molar-refractivity contribution is 6.08. The number of aromatic nitrogens is 4. The Morgan fingerprint density at radius 2 is 1.78 bits per heavy atom. The van der Waals surface area contributed by atoms with E-state index in [0.717, 1.165) is 22.3 Å². The highest BCUT2D eigenvalue weighted by atomic mass is 15.3. The Morgan fingerprint density at radius 1 is 0.913 bits per heavy atom. The second-order valence-corrected chi connectivity index (χ2v) is 5.87. The van der Waals surface area contributed by atoms with Gasteiger partial charge in [0.2, 0.25) is 0 Å². The molecule has 0 saturated carbocycles. The summed E-state index contributed by atoms with van der Waals surface area (Å²) in [7, 11) is 0. The smallest absolute Gasteiger partial charge is 0.158 e. The maximum Gasteiger partial charge on any atom is 0.158 e. The SMILES string of the molecule is Cc1cc(-c2ccc3c(c2)[nH]c2ccccc23)cn2ncnc12. The van der Waals surface area contributed by atoms with Crippen LogP contribution >= 0.6 is 0 Å². The molecule has 5 rings (SSSR count). The number of pyridine rings is 1. The number of hydrogen-bond acceptors (Lipinski definition) is 2. The zero-order chi connectivity index (χ0) is 15.4. The second-order valence-electron chi connectivity index (χ2n) is 5.87. The molecule has 0 bridgehead atoms. The van der Waals surface area contributed by atoms with E-state index in [4.69, 9.17) is 0 Å². The molecule has 1 N–H and O–H groups in total. The molecule has 3 aromatic heterocycles.